The van der Waals surface area contributed by atoms with Crippen molar-refractivity contribution in [3.63, 3.8) is 0 Å². The monoisotopic (exact) mass is 481 g/mol. The molecule has 2 heterocycles. The zero-order valence-electron chi connectivity index (χ0n) is 17.3. The normalized spacial score (nSPS) is 18.8. The predicted molar refractivity (Wildman–Crippen MR) is 125 cm³/mol. The van der Waals surface area contributed by atoms with E-state index in [1.165, 1.54) is 4.90 Å². The fraction of sp³-hybridized carbons (Fsp3) is 0.120. The van der Waals surface area contributed by atoms with Gasteiger partial charge in [0.2, 0.25) is 6.79 Å². The van der Waals surface area contributed by atoms with Gasteiger partial charge < -0.3 is 14.6 Å². The number of fused-ring (bicyclic) bond motifs is 1. The Kier molecular flexibility index (Phi) is 5.27. The lowest BCUT2D eigenvalue weighted by atomic mass is 9.95. The molecule has 0 bridgehead atoms. The van der Waals surface area contributed by atoms with Crippen LogP contribution in [-0.2, 0) is 9.59 Å². The smallest absolute Gasteiger partial charge is 0.300 e. The minimum Gasteiger partial charge on any atom is -0.507 e. The minimum absolute atomic E-state index is 0.0567. The highest BCUT2D eigenvalue weighted by molar-refractivity contribution is 6.51. The molecule has 0 spiro atoms. The molecule has 1 unspecified atom stereocenters. The fourth-order valence-electron chi connectivity index (χ4n) is 4.07. The highest BCUT2D eigenvalue weighted by atomic mass is 35.5. The van der Waals surface area contributed by atoms with Gasteiger partial charge in [0, 0.05) is 11.3 Å². The number of aliphatic hydroxyl groups is 1. The maximum atomic E-state index is 13.2. The number of carbonyl (C=O) groups excluding carboxylic acids is 2. The number of Topliss-reactive ketones (excluding diaryl/α,β-unsaturated/α-hetero) is 1. The van der Waals surface area contributed by atoms with E-state index in [0.717, 1.165) is 5.56 Å². The van der Waals surface area contributed by atoms with Crippen molar-refractivity contribution in [3.05, 3.63) is 93.0 Å². The first-order valence-electron chi connectivity index (χ1n) is 10.1. The van der Waals surface area contributed by atoms with Gasteiger partial charge in [-0.25, -0.2) is 0 Å². The van der Waals surface area contributed by atoms with Crippen molar-refractivity contribution in [3.8, 4) is 11.5 Å². The summed E-state index contributed by atoms with van der Waals surface area (Å²) < 4.78 is 10.7. The standard InChI is InChI=1S/C25H17Cl2NO5/c1-13-3-2-4-16(9-13)28-22(14-5-7-17(26)18(27)10-14)21(24(30)25(28)31)23(29)15-6-8-19-20(11-15)33-12-32-19/h2-11,22,29H,12H2,1H3/b23-21-. The van der Waals surface area contributed by atoms with Crippen molar-refractivity contribution < 1.29 is 24.2 Å². The van der Waals surface area contributed by atoms with Crippen LogP contribution < -0.4 is 14.4 Å². The zero-order valence-corrected chi connectivity index (χ0v) is 18.9. The molecule has 1 saturated heterocycles. The second-order valence-corrected chi connectivity index (χ2v) is 8.56. The number of benzene rings is 3. The Morgan fingerprint density at radius 2 is 1.76 bits per heavy atom. The number of hydrogen-bond donors (Lipinski definition) is 1. The average molecular weight is 482 g/mol. The summed E-state index contributed by atoms with van der Waals surface area (Å²) >= 11 is 12.4. The number of amides is 1. The lowest BCUT2D eigenvalue weighted by Crippen LogP contribution is -2.29. The van der Waals surface area contributed by atoms with E-state index in [4.69, 9.17) is 32.7 Å². The summed E-state index contributed by atoms with van der Waals surface area (Å²) in [4.78, 5) is 27.8. The van der Waals surface area contributed by atoms with Crippen molar-refractivity contribution in [2.45, 2.75) is 13.0 Å². The first-order chi connectivity index (χ1) is 15.8. The van der Waals surface area contributed by atoms with Crippen molar-refractivity contribution >= 4 is 46.3 Å². The number of aliphatic hydroxyl groups excluding tert-OH is 1. The zero-order chi connectivity index (χ0) is 23.3. The van der Waals surface area contributed by atoms with Gasteiger partial charge in [0.15, 0.2) is 11.5 Å². The fourth-order valence-corrected chi connectivity index (χ4v) is 4.38. The van der Waals surface area contributed by atoms with Gasteiger partial charge in [0.25, 0.3) is 11.7 Å². The third kappa shape index (κ3) is 3.61. The van der Waals surface area contributed by atoms with Crippen molar-refractivity contribution in [1.82, 2.24) is 0 Å². The molecule has 3 aromatic carbocycles. The Morgan fingerprint density at radius 3 is 2.52 bits per heavy atom. The second-order valence-electron chi connectivity index (χ2n) is 7.75. The number of halogens is 2. The van der Waals surface area contributed by atoms with E-state index in [-0.39, 0.29) is 23.1 Å². The number of rotatable bonds is 3. The molecule has 1 amide bonds. The average Bonchev–Trinajstić information content (AvgIpc) is 3.37. The summed E-state index contributed by atoms with van der Waals surface area (Å²) in [5.74, 6) is -0.898. The number of hydrogen-bond acceptors (Lipinski definition) is 5. The second kappa shape index (κ2) is 8.14. The Labute approximate surface area is 199 Å². The van der Waals surface area contributed by atoms with E-state index in [9.17, 15) is 14.7 Å². The van der Waals surface area contributed by atoms with Gasteiger partial charge in [-0.05, 0) is 60.5 Å². The highest BCUT2D eigenvalue weighted by Crippen LogP contribution is 2.44. The van der Waals surface area contributed by atoms with Crippen molar-refractivity contribution in [2.75, 3.05) is 11.7 Å². The molecule has 0 radical (unpaired) electrons. The van der Waals surface area contributed by atoms with Gasteiger partial charge >= 0.3 is 0 Å². The maximum absolute atomic E-state index is 13.2. The molecule has 6 nitrogen and oxygen atoms in total. The molecule has 1 fully saturated rings. The van der Waals surface area contributed by atoms with Crippen LogP contribution >= 0.6 is 23.2 Å². The first kappa shape index (κ1) is 21.4. The summed E-state index contributed by atoms with van der Waals surface area (Å²) in [7, 11) is 0. The van der Waals surface area contributed by atoms with Crippen LogP contribution in [0.1, 0.15) is 22.7 Å². The summed E-state index contributed by atoms with van der Waals surface area (Å²) in [5, 5.41) is 11.8. The Bertz CT molecular complexity index is 1350. The van der Waals surface area contributed by atoms with Crippen LogP contribution in [0.15, 0.2) is 66.2 Å². The van der Waals surface area contributed by atoms with E-state index in [1.54, 1.807) is 54.6 Å². The van der Waals surface area contributed by atoms with Gasteiger partial charge in [0.05, 0.1) is 21.7 Å². The molecule has 0 aromatic heterocycles. The third-order valence-corrected chi connectivity index (χ3v) is 6.37. The Morgan fingerprint density at radius 1 is 0.970 bits per heavy atom. The molecule has 8 heteroatoms. The SMILES string of the molecule is Cc1cccc(N2C(=O)C(=O)/C(=C(\O)c3ccc4c(c3)OCO4)C2c2ccc(Cl)c(Cl)c2)c1. The van der Waals surface area contributed by atoms with E-state index in [2.05, 4.69) is 0 Å². The largest absolute Gasteiger partial charge is 0.507 e. The van der Waals surface area contributed by atoms with Gasteiger partial charge in [-0.3, -0.25) is 14.5 Å². The predicted octanol–water partition coefficient (Wildman–Crippen LogP) is 5.66. The number of aryl methyl sites for hydroxylation is 1. The number of anilines is 1. The first-order valence-corrected chi connectivity index (χ1v) is 10.8. The summed E-state index contributed by atoms with van der Waals surface area (Å²) in [5.41, 5.74) is 2.24. The molecule has 2 aliphatic heterocycles. The molecular formula is C25H17Cl2NO5. The van der Waals surface area contributed by atoms with Crippen LogP contribution in [0, 0.1) is 6.92 Å². The molecule has 0 saturated carbocycles. The number of ketones is 1. The molecule has 1 atom stereocenters. The Hall–Kier alpha value is -3.48. The summed E-state index contributed by atoms with van der Waals surface area (Å²) in [6, 6.07) is 16.0. The highest BCUT2D eigenvalue weighted by Gasteiger charge is 2.47. The van der Waals surface area contributed by atoms with E-state index < -0.39 is 17.7 Å². The van der Waals surface area contributed by atoms with Crippen molar-refractivity contribution in [1.29, 1.82) is 0 Å². The molecule has 1 N–H and O–H groups in total. The molecular weight excluding hydrogens is 465 g/mol. The summed E-state index contributed by atoms with van der Waals surface area (Å²) in [6.45, 7) is 1.96. The summed E-state index contributed by atoms with van der Waals surface area (Å²) in [6.07, 6.45) is 0. The number of carbonyl (C=O) groups is 2. The molecule has 0 aliphatic carbocycles. The van der Waals surface area contributed by atoms with Crippen LogP contribution in [0.5, 0.6) is 11.5 Å². The van der Waals surface area contributed by atoms with Crippen LogP contribution in [-0.4, -0.2) is 23.6 Å². The van der Waals surface area contributed by atoms with Crippen molar-refractivity contribution in [2.24, 2.45) is 0 Å². The van der Waals surface area contributed by atoms with Crippen LogP contribution in [0.3, 0.4) is 0 Å². The molecule has 166 valence electrons. The van der Waals surface area contributed by atoms with Gasteiger partial charge in [0.1, 0.15) is 5.76 Å². The maximum Gasteiger partial charge on any atom is 0.300 e. The number of ether oxygens (including phenoxy) is 2. The molecule has 33 heavy (non-hydrogen) atoms. The lowest BCUT2D eigenvalue weighted by molar-refractivity contribution is -0.132. The molecule has 3 aromatic rings. The quantitative estimate of drug-likeness (QED) is 0.296. The van der Waals surface area contributed by atoms with Crippen LogP contribution in [0.25, 0.3) is 5.76 Å². The van der Waals surface area contributed by atoms with E-state index >= 15 is 0 Å². The Balaban J connectivity index is 1.73. The van der Waals surface area contributed by atoms with Crippen LogP contribution in [0.2, 0.25) is 10.0 Å². The lowest BCUT2D eigenvalue weighted by Gasteiger charge is -2.26. The van der Waals surface area contributed by atoms with Gasteiger partial charge in [-0.2, -0.15) is 0 Å². The molecule has 2 aliphatic rings. The number of nitrogens with zero attached hydrogens (tertiary/aromatic N) is 1. The van der Waals surface area contributed by atoms with E-state index in [1.807, 2.05) is 13.0 Å². The van der Waals surface area contributed by atoms with Gasteiger partial charge in [-0.1, -0.05) is 41.4 Å². The topological polar surface area (TPSA) is 76.1 Å². The molecule has 5 rings (SSSR count). The van der Waals surface area contributed by atoms with E-state index in [0.29, 0.717) is 33.3 Å². The van der Waals surface area contributed by atoms with Gasteiger partial charge in [-0.15, -0.1) is 0 Å². The van der Waals surface area contributed by atoms with Crippen LogP contribution in [0.4, 0.5) is 5.69 Å². The minimum atomic E-state index is -0.910. The third-order valence-electron chi connectivity index (χ3n) is 5.63.